The summed E-state index contributed by atoms with van der Waals surface area (Å²) in [5.41, 5.74) is 3.81. The maximum absolute atomic E-state index is 12.5. The summed E-state index contributed by atoms with van der Waals surface area (Å²) in [7, 11) is 0. The van der Waals surface area contributed by atoms with E-state index in [1.54, 1.807) is 18.2 Å². The van der Waals surface area contributed by atoms with Gasteiger partial charge in [-0.15, -0.1) is 0 Å². The van der Waals surface area contributed by atoms with Crippen molar-refractivity contribution in [3.05, 3.63) is 65.2 Å². The zero-order valence-corrected chi connectivity index (χ0v) is 13.8. The minimum absolute atomic E-state index is 0.0687. The lowest BCUT2D eigenvalue weighted by Crippen LogP contribution is -2.92. The Balaban J connectivity index is 1.68. The molecular formula is C20H22N3O+. The van der Waals surface area contributed by atoms with Gasteiger partial charge in [-0.05, 0) is 37.5 Å². The van der Waals surface area contributed by atoms with Gasteiger partial charge in [-0.3, -0.25) is 4.79 Å². The van der Waals surface area contributed by atoms with E-state index < -0.39 is 0 Å². The topological polar surface area (TPSA) is 69.5 Å². The molecule has 2 atom stereocenters. The molecule has 0 unspecified atom stereocenters. The Bertz CT molecular complexity index is 778. The zero-order chi connectivity index (χ0) is 16.9. The van der Waals surface area contributed by atoms with Crippen LogP contribution in [0.15, 0.2) is 48.5 Å². The van der Waals surface area contributed by atoms with Crippen LogP contribution >= 0.6 is 0 Å². The van der Waals surface area contributed by atoms with E-state index in [0.29, 0.717) is 17.3 Å². The van der Waals surface area contributed by atoms with Gasteiger partial charge in [0.05, 0.1) is 11.3 Å². The van der Waals surface area contributed by atoms with E-state index >= 15 is 0 Å². The normalized spacial score (nSPS) is 17.4. The van der Waals surface area contributed by atoms with Crippen LogP contribution in [-0.2, 0) is 11.2 Å². The number of para-hydroxylation sites is 1. The molecule has 2 aromatic rings. The average Bonchev–Trinajstić information content (AvgIpc) is 2.62. The number of nitrogens with two attached hydrogens (primary N) is 1. The van der Waals surface area contributed by atoms with Crippen molar-refractivity contribution in [2.75, 3.05) is 5.32 Å². The number of quaternary nitrogens is 1. The summed E-state index contributed by atoms with van der Waals surface area (Å²) in [6.07, 6.45) is 3.36. The first-order valence-electron chi connectivity index (χ1n) is 8.42. The first-order chi connectivity index (χ1) is 11.7. The lowest BCUT2D eigenvalue weighted by molar-refractivity contribution is -0.714. The number of anilines is 1. The highest BCUT2D eigenvalue weighted by molar-refractivity contribution is 5.94. The van der Waals surface area contributed by atoms with Crippen LogP contribution in [0, 0.1) is 11.3 Å². The Kier molecular flexibility index (Phi) is 4.93. The minimum Gasteiger partial charge on any atom is -0.330 e. The molecular weight excluding hydrogens is 298 g/mol. The van der Waals surface area contributed by atoms with Crippen LogP contribution < -0.4 is 10.6 Å². The highest BCUT2D eigenvalue weighted by Crippen LogP contribution is 2.26. The third-order valence-electron chi connectivity index (χ3n) is 4.66. The Morgan fingerprint density at radius 1 is 1.25 bits per heavy atom. The molecule has 0 bridgehead atoms. The van der Waals surface area contributed by atoms with Crippen molar-refractivity contribution in [2.45, 2.75) is 38.3 Å². The maximum Gasteiger partial charge on any atom is 0.282 e. The second-order valence-electron chi connectivity index (χ2n) is 6.33. The summed E-state index contributed by atoms with van der Waals surface area (Å²) in [6.45, 7) is 1.92. The molecule has 0 aromatic heterocycles. The number of fused-ring (bicyclic) bond motifs is 1. The Labute approximate surface area is 142 Å². The van der Waals surface area contributed by atoms with Gasteiger partial charge in [0.1, 0.15) is 12.1 Å². The van der Waals surface area contributed by atoms with Crippen molar-refractivity contribution in [1.82, 2.24) is 0 Å². The summed E-state index contributed by atoms with van der Waals surface area (Å²) < 4.78 is 0. The molecule has 0 aliphatic heterocycles. The van der Waals surface area contributed by atoms with E-state index in [4.69, 9.17) is 5.26 Å². The summed E-state index contributed by atoms with van der Waals surface area (Å²) in [5, 5.41) is 14.2. The van der Waals surface area contributed by atoms with Gasteiger partial charge in [0.2, 0.25) is 0 Å². The first kappa shape index (κ1) is 16.2. The van der Waals surface area contributed by atoms with Gasteiger partial charge in [0.15, 0.2) is 6.04 Å². The van der Waals surface area contributed by atoms with Gasteiger partial charge in [0.25, 0.3) is 5.91 Å². The molecule has 0 spiro atoms. The van der Waals surface area contributed by atoms with Crippen molar-refractivity contribution in [2.24, 2.45) is 0 Å². The summed E-state index contributed by atoms with van der Waals surface area (Å²) in [5.74, 6) is -0.0687. The van der Waals surface area contributed by atoms with Crippen molar-refractivity contribution in [1.29, 1.82) is 5.26 Å². The summed E-state index contributed by atoms with van der Waals surface area (Å²) in [6, 6.07) is 17.8. The number of amides is 1. The molecule has 2 aromatic carbocycles. The molecule has 3 N–H and O–H groups in total. The van der Waals surface area contributed by atoms with Crippen LogP contribution in [0.1, 0.15) is 42.5 Å². The predicted molar refractivity (Wildman–Crippen MR) is 93.3 cm³/mol. The molecule has 4 nitrogen and oxygen atoms in total. The molecule has 0 saturated carbocycles. The van der Waals surface area contributed by atoms with Crippen molar-refractivity contribution >= 4 is 11.6 Å². The smallest absolute Gasteiger partial charge is 0.282 e. The molecule has 4 heteroatoms. The Morgan fingerprint density at radius 3 is 2.83 bits per heavy atom. The van der Waals surface area contributed by atoms with Gasteiger partial charge in [0, 0.05) is 12.0 Å². The van der Waals surface area contributed by atoms with Gasteiger partial charge in [-0.25, -0.2) is 0 Å². The van der Waals surface area contributed by atoms with Gasteiger partial charge in [-0.1, -0.05) is 36.4 Å². The molecule has 0 heterocycles. The molecule has 0 fully saturated rings. The number of rotatable bonds is 4. The number of hydrogen-bond donors (Lipinski definition) is 2. The van der Waals surface area contributed by atoms with Crippen LogP contribution in [0.2, 0.25) is 0 Å². The summed E-state index contributed by atoms with van der Waals surface area (Å²) >= 11 is 0. The molecule has 122 valence electrons. The van der Waals surface area contributed by atoms with Gasteiger partial charge in [-0.2, -0.15) is 5.26 Å². The molecule has 1 amide bonds. The number of carbonyl (C=O) groups is 1. The molecule has 3 rings (SSSR count). The molecule has 24 heavy (non-hydrogen) atoms. The lowest BCUT2D eigenvalue weighted by Gasteiger charge is -2.26. The number of aryl methyl sites for hydroxylation is 1. The van der Waals surface area contributed by atoms with E-state index in [2.05, 4.69) is 41.0 Å². The summed E-state index contributed by atoms with van der Waals surface area (Å²) in [4.78, 5) is 12.5. The van der Waals surface area contributed by atoms with Crippen LogP contribution in [0.4, 0.5) is 5.69 Å². The van der Waals surface area contributed by atoms with E-state index in [1.807, 2.05) is 13.0 Å². The minimum atomic E-state index is -0.215. The number of hydrogen-bond acceptors (Lipinski definition) is 2. The number of nitrogens with zero attached hydrogens (tertiary/aromatic N) is 1. The SMILES string of the molecule is C[C@H]([NH2+][C@@H]1CCCc2ccccc21)C(=O)Nc1ccccc1C#N. The number of benzene rings is 2. The number of nitrogens with one attached hydrogen (secondary N) is 1. The molecule has 1 aliphatic carbocycles. The largest absolute Gasteiger partial charge is 0.330 e. The predicted octanol–water partition coefficient (Wildman–Crippen LogP) is 2.53. The monoisotopic (exact) mass is 320 g/mol. The molecule has 0 saturated heterocycles. The zero-order valence-electron chi connectivity index (χ0n) is 13.8. The van der Waals surface area contributed by atoms with Crippen LogP contribution in [0.3, 0.4) is 0 Å². The second kappa shape index (κ2) is 7.29. The van der Waals surface area contributed by atoms with Crippen LogP contribution in [0.5, 0.6) is 0 Å². The number of carbonyl (C=O) groups excluding carboxylic acids is 1. The Hall–Kier alpha value is -2.64. The van der Waals surface area contributed by atoms with Crippen molar-refractivity contribution < 1.29 is 10.1 Å². The van der Waals surface area contributed by atoms with Gasteiger partial charge < -0.3 is 10.6 Å². The number of nitriles is 1. The fraction of sp³-hybridized carbons (Fsp3) is 0.300. The van der Waals surface area contributed by atoms with Gasteiger partial charge >= 0.3 is 0 Å². The van der Waals surface area contributed by atoms with Crippen LogP contribution in [0.25, 0.3) is 0 Å². The maximum atomic E-state index is 12.5. The average molecular weight is 320 g/mol. The third-order valence-corrected chi connectivity index (χ3v) is 4.66. The lowest BCUT2D eigenvalue weighted by atomic mass is 9.87. The second-order valence-corrected chi connectivity index (χ2v) is 6.33. The Morgan fingerprint density at radius 2 is 2.00 bits per heavy atom. The van der Waals surface area contributed by atoms with Crippen molar-refractivity contribution in [3.63, 3.8) is 0 Å². The van der Waals surface area contributed by atoms with E-state index in [0.717, 1.165) is 19.3 Å². The highest BCUT2D eigenvalue weighted by Gasteiger charge is 2.27. The van der Waals surface area contributed by atoms with E-state index in [-0.39, 0.29) is 11.9 Å². The molecule has 0 radical (unpaired) electrons. The van der Waals surface area contributed by atoms with E-state index in [9.17, 15) is 4.79 Å². The van der Waals surface area contributed by atoms with Crippen LogP contribution in [-0.4, -0.2) is 11.9 Å². The third kappa shape index (κ3) is 3.47. The quantitative estimate of drug-likeness (QED) is 0.909. The molecule has 1 aliphatic rings. The fourth-order valence-corrected chi connectivity index (χ4v) is 3.36. The first-order valence-corrected chi connectivity index (χ1v) is 8.42. The fourth-order valence-electron chi connectivity index (χ4n) is 3.36. The van der Waals surface area contributed by atoms with E-state index in [1.165, 1.54) is 11.1 Å². The highest BCUT2D eigenvalue weighted by atomic mass is 16.2. The van der Waals surface area contributed by atoms with Crippen molar-refractivity contribution in [3.8, 4) is 6.07 Å². The standard InChI is InChI=1S/C20H21N3O/c1-14(20(24)23-18-11-5-3-8-16(18)13-21)22-19-12-6-9-15-7-2-4-10-17(15)19/h2-5,7-8,10-11,14,19,22H,6,9,12H2,1H3,(H,23,24)/p+1/t14-,19+/m0/s1.